The Bertz CT molecular complexity index is 432. The molecule has 2 unspecified atom stereocenters. The Morgan fingerprint density at radius 2 is 1.64 bits per heavy atom. The first-order valence-electron chi connectivity index (χ1n) is 6.41. The summed E-state index contributed by atoms with van der Waals surface area (Å²) in [7, 11) is -5.02. The predicted octanol–water partition coefficient (Wildman–Crippen LogP) is 1.77. The highest BCUT2D eigenvalue weighted by molar-refractivity contribution is 7.55. The number of alkyl halides is 2. The topological polar surface area (TPSA) is 130 Å². The van der Waals surface area contributed by atoms with Gasteiger partial charge in [0.2, 0.25) is 0 Å². The van der Waals surface area contributed by atoms with Gasteiger partial charge >= 0.3 is 25.2 Å². The predicted molar refractivity (Wildman–Crippen MR) is 69.8 cm³/mol. The molecule has 0 aromatic rings. The molecule has 0 amide bonds. The summed E-state index contributed by atoms with van der Waals surface area (Å²) in [5.41, 5.74) is -4.37. The normalized spacial score (nSPS) is 15.3. The van der Waals surface area contributed by atoms with Crippen molar-refractivity contribution in [2.24, 2.45) is 5.92 Å². The zero-order valence-corrected chi connectivity index (χ0v) is 13.0. The molecule has 22 heavy (non-hydrogen) atoms. The minimum Gasteiger partial charge on any atom is -0.481 e. The maximum Gasteiger partial charge on any atom is 0.402 e. The van der Waals surface area contributed by atoms with E-state index >= 15 is 0 Å². The molecular formula is C11H19F2O8P. The fourth-order valence-corrected chi connectivity index (χ4v) is 3.19. The largest absolute Gasteiger partial charge is 0.481 e. The molecule has 0 aromatic heterocycles. The van der Waals surface area contributed by atoms with Gasteiger partial charge in [0, 0.05) is 0 Å². The third-order valence-electron chi connectivity index (χ3n) is 2.64. The summed E-state index contributed by atoms with van der Waals surface area (Å²) in [5.74, 6) is -4.96. The van der Waals surface area contributed by atoms with E-state index in [1.807, 2.05) is 0 Å². The van der Waals surface area contributed by atoms with E-state index in [0.717, 1.165) is 0 Å². The monoisotopic (exact) mass is 348 g/mol. The summed E-state index contributed by atoms with van der Waals surface area (Å²) in [6.45, 7) is 1.82. The maximum atomic E-state index is 14.1. The van der Waals surface area contributed by atoms with Crippen LogP contribution in [0.2, 0.25) is 0 Å². The lowest BCUT2D eigenvalue weighted by Crippen LogP contribution is -2.38. The molecule has 130 valence electrons. The minimum absolute atomic E-state index is 0.378. The van der Waals surface area contributed by atoms with E-state index in [2.05, 4.69) is 9.05 Å². The minimum atomic E-state index is -5.02. The number of carboxylic acids is 2. The van der Waals surface area contributed by atoms with E-state index in [-0.39, 0.29) is 13.2 Å². The molecule has 0 radical (unpaired) electrons. The van der Waals surface area contributed by atoms with Crippen LogP contribution in [0.4, 0.5) is 8.78 Å². The lowest BCUT2D eigenvalue weighted by molar-refractivity contribution is -0.151. The van der Waals surface area contributed by atoms with Crippen molar-refractivity contribution in [2.75, 3.05) is 13.2 Å². The summed E-state index contributed by atoms with van der Waals surface area (Å²) in [4.78, 5) is 21.4. The third kappa shape index (κ3) is 5.28. The molecule has 0 bridgehead atoms. The first-order chi connectivity index (χ1) is 10.0. The number of aliphatic hydroxyl groups is 1. The molecule has 0 aliphatic heterocycles. The molecule has 0 saturated carbocycles. The highest BCUT2D eigenvalue weighted by Crippen LogP contribution is 2.63. The Balaban J connectivity index is 5.27. The summed E-state index contributed by atoms with van der Waals surface area (Å²) < 4.78 is 49.1. The van der Waals surface area contributed by atoms with Crippen LogP contribution in [-0.2, 0) is 23.2 Å². The number of hydrogen-bond donors (Lipinski definition) is 3. The van der Waals surface area contributed by atoms with E-state index in [1.54, 1.807) is 0 Å². The lowest BCUT2D eigenvalue weighted by atomic mass is 9.98. The second-order valence-electron chi connectivity index (χ2n) is 4.31. The van der Waals surface area contributed by atoms with E-state index in [4.69, 9.17) is 10.2 Å². The van der Waals surface area contributed by atoms with E-state index in [1.165, 1.54) is 13.8 Å². The summed E-state index contributed by atoms with van der Waals surface area (Å²) in [6, 6.07) is 0. The van der Waals surface area contributed by atoms with Gasteiger partial charge in [0.25, 0.3) is 0 Å². The SMILES string of the molecule is CCOP(=O)(OCC)C(F)(F)C(O)CC(CC(=O)O)C(=O)O. The van der Waals surface area contributed by atoms with Crippen LogP contribution in [-0.4, -0.2) is 52.2 Å². The molecule has 2 atom stereocenters. The Labute approximate surface area is 125 Å². The number of aliphatic carboxylic acids is 2. The van der Waals surface area contributed by atoms with Crippen LogP contribution in [0.3, 0.4) is 0 Å². The maximum absolute atomic E-state index is 14.1. The molecule has 0 aromatic carbocycles. The van der Waals surface area contributed by atoms with Crippen molar-refractivity contribution < 1.29 is 47.3 Å². The molecule has 11 heteroatoms. The van der Waals surface area contributed by atoms with Crippen molar-refractivity contribution in [3.05, 3.63) is 0 Å². The molecule has 0 spiro atoms. The first kappa shape index (κ1) is 20.9. The van der Waals surface area contributed by atoms with Crippen LogP contribution >= 0.6 is 7.60 Å². The average Bonchev–Trinajstić information content (AvgIpc) is 2.37. The van der Waals surface area contributed by atoms with Crippen LogP contribution in [0.25, 0.3) is 0 Å². The van der Waals surface area contributed by atoms with Gasteiger partial charge in [-0.1, -0.05) is 0 Å². The molecule has 0 fully saturated rings. The fraction of sp³-hybridized carbons (Fsp3) is 0.818. The fourth-order valence-electron chi connectivity index (χ4n) is 1.63. The highest BCUT2D eigenvalue weighted by atomic mass is 31.2. The first-order valence-corrected chi connectivity index (χ1v) is 7.95. The van der Waals surface area contributed by atoms with Crippen LogP contribution < -0.4 is 0 Å². The summed E-state index contributed by atoms with van der Waals surface area (Å²) >= 11 is 0. The van der Waals surface area contributed by atoms with E-state index in [0.29, 0.717) is 0 Å². The molecule has 3 N–H and O–H groups in total. The zero-order valence-electron chi connectivity index (χ0n) is 12.1. The number of hydrogen-bond acceptors (Lipinski definition) is 6. The van der Waals surface area contributed by atoms with Crippen molar-refractivity contribution in [3.8, 4) is 0 Å². The molecule has 0 rings (SSSR count). The Morgan fingerprint density at radius 1 is 1.18 bits per heavy atom. The Hall–Kier alpha value is -1.09. The quantitative estimate of drug-likeness (QED) is 0.482. The van der Waals surface area contributed by atoms with Gasteiger partial charge in [0.15, 0.2) is 0 Å². The summed E-state index contributed by atoms with van der Waals surface area (Å²) in [6.07, 6.45) is -4.77. The lowest BCUT2D eigenvalue weighted by Gasteiger charge is -2.30. The molecular weight excluding hydrogens is 329 g/mol. The van der Waals surface area contributed by atoms with Crippen molar-refractivity contribution >= 4 is 19.5 Å². The average molecular weight is 348 g/mol. The Morgan fingerprint density at radius 3 is 1.95 bits per heavy atom. The van der Waals surface area contributed by atoms with Crippen LogP contribution in [0.1, 0.15) is 26.7 Å². The van der Waals surface area contributed by atoms with Gasteiger partial charge < -0.3 is 24.4 Å². The van der Waals surface area contributed by atoms with Crippen molar-refractivity contribution in [1.82, 2.24) is 0 Å². The Kier molecular flexibility index (Phi) is 8.10. The van der Waals surface area contributed by atoms with Crippen molar-refractivity contribution in [3.63, 3.8) is 0 Å². The highest BCUT2D eigenvalue weighted by Gasteiger charge is 2.59. The molecule has 0 aliphatic rings. The second-order valence-corrected chi connectivity index (χ2v) is 6.41. The van der Waals surface area contributed by atoms with Gasteiger partial charge in [-0.3, -0.25) is 14.2 Å². The van der Waals surface area contributed by atoms with Crippen LogP contribution in [0.5, 0.6) is 0 Å². The van der Waals surface area contributed by atoms with Crippen LogP contribution in [0, 0.1) is 5.92 Å². The van der Waals surface area contributed by atoms with Crippen molar-refractivity contribution in [2.45, 2.75) is 38.5 Å². The van der Waals surface area contributed by atoms with Crippen molar-refractivity contribution in [1.29, 1.82) is 0 Å². The van der Waals surface area contributed by atoms with Gasteiger partial charge in [-0.05, 0) is 20.3 Å². The van der Waals surface area contributed by atoms with Gasteiger partial charge in [0.05, 0.1) is 25.6 Å². The third-order valence-corrected chi connectivity index (χ3v) is 4.87. The van der Waals surface area contributed by atoms with E-state index in [9.17, 15) is 28.0 Å². The number of carboxylic acid groups (broad SMARTS) is 2. The zero-order chi connectivity index (χ0) is 17.6. The summed E-state index contributed by atoms with van der Waals surface area (Å²) in [5, 5.41) is 26.9. The number of carbonyl (C=O) groups is 2. The van der Waals surface area contributed by atoms with Gasteiger partial charge in [-0.15, -0.1) is 0 Å². The number of aliphatic hydroxyl groups excluding tert-OH is 1. The molecule has 8 nitrogen and oxygen atoms in total. The van der Waals surface area contributed by atoms with Crippen LogP contribution in [0.15, 0.2) is 0 Å². The number of rotatable bonds is 11. The molecule has 0 saturated heterocycles. The van der Waals surface area contributed by atoms with Gasteiger partial charge in [-0.2, -0.15) is 8.78 Å². The number of halogens is 2. The standard InChI is InChI=1S/C11H19F2O8P/c1-3-20-22(19,21-4-2)11(12,13)8(14)5-7(10(17)18)6-9(15)16/h7-8,14H,3-6H2,1-2H3,(H,15,16)(H,17,18). The van der Waals surface area contributed by atoms with Gasteiger partial charge in [-0.25, -0.2) is 0 Å². The van der Waals surface area contributed by atoms with E-state index < -0.39 is 50.1 Å². The second kappa shape index (κ2) is 8.52. The molecule has 0 aliphatic carbocycles. The molecule has 0 heterocycles. The van der Waals surface area contributed by atoms with Gasteiger partial charge in [0.1, 0.15) is 6.10 Å². The smallest absolute Gasteiger partial charge is 0.402 e.